The minimum Gasteiger partial charge on any atom is -0.327 e. The number of pyridine rings is 1. The molecule has 0 aliphatic heterocycles. The summed E-state index contributed by atoms with van der Waals surface area (Å²) in [6.45, 7) is 2.28. The molecule has 0 bridgehead atoms. The summed E-state index contributed by atoms with van der Waals surface area (Å²) >= 11 is 0. The van der Waals surface area contributed by atoms with E-state index in [4.69, 9.17) is 5.10 Å². The Labute approximate surface area is 285 Å². The maximum absolute atomic E-state index is 13.4. The van der Waals surface area contributed by atoms with Gasteiger partial charge in [0, 0.05) is 34.8 Å². The normalized spacial score (nSPS) is 14.0. The van der Waals surface area contributed by atoms with E-state index in [1.807, 2.05) is 37.4 Å². The molecular weight excluding hydrogens is 592 g/mol. The number of hydrogen-bond acceptors (Lipinski definition) is 4. The fourth-order valence-electron chi connectivity index (χ4n) is 6.53. The molecule has 48 heavy (non-hydrogen) atoms. The molecule has 1 aromatic heterocycles. The molecule has 0 fully saturated rings. The Morgan fingerprint density at radius 3 is 1.96 bits per heavy atom. The number of aromatic nitrogens is 1. The van der Waals surface area contributed by atoms with Crippen molar-refractivity contribution in [2.24, 2.45) is 17.3 Å². The van der Waals surface area contributed by atoms with Crippen molar-refractivity contribution in [1.29, 1.82) is 0 Å². The minimum absolute atomic E-state index is 0.0393. The number of aryl methyl sites for hydroxylation is 2. The summed E-state index contributed by atoms with van der Waals surface area (Å²) < 4.78 is 2.05. The van der Waals surface area contributed by atoms with Crippen LogP contribution in [0.25, 0.3) is 10.9 Å². The summed E-state index contributed by atoms with van der Waals surface area (Å²) in [7, 11) is 2.00. The monoisotopic (exact) mass is 642 g/mol. The van der Waals surface area contributed by atoms with E-state index in [9.17, 15) is 9.59 Å². The van der Waals surface area contributed by atoms with Crippen LogP contribution in [0.15, 0.2) is 107 Å². The van der Waals surface area contributed by atoms with Crippen LogP contribution in [0.3, 0.4) is 0 Å². The Bertz CT molecular complexity index is 1820. The van der Waals surface area contributed by atoms with Gasteiger partial charge in [-0.25, -0.2) is 0 Å². The molecular formula is C42H50N4O2. The van der Waals surface area contributed by atoms with Crippen molar-refractivity contribution in [1.82, 2.24) is 4.57 Å². The van der Waals surface area contributed by atoms with Crippen LogP contribution in [0.4, 0.5) is 5.69 Å². The summed E-state index contributed by atoms with van der Waals surface area (Å²) in [5.41, 5.74) is 5.34. The zero-order valence-corrected chi connectivity index (χ0v) is 28.7. The lowest BCUT2D eigenvalue weighted by molar-refractivity contribution is -0.112. The highest BCUT2D eigenvalue weighted by Gasteiger charge is 2.28. The van der Waals surface area contributed by atoms with Crippen LogP contribution in [-0.2, 0) is 18.3 Å². The van der Waals surface area contributed by atoms with E-state index in [2.05, 4.69) is 52.2 Å². The van der Waals surface area contributed by atoms with E-state index in [-0.39, 0.29) is 11.4 Å². The van der Waals surface area contributed by atoms with Crippen LogP contribution in [0.5, 0.6) is 0 Å². The number of amides is 1. The molecule has 6 heteroatoms. The molecule has 0 atom stereocenters. The lowest BCUT2D eigenvalue weighted by Crippen LogP contribution is -2.26. The Morgan fingerprint density at radius 2 is 1.27 bits per heavy atom. The fourth-order valence-corrected chi connectivity index (χ4v) is 6.53. The summed E-state index contributed by atoms with van der Waals surface area (Å²) in [5.74, 6) is -0.793. The van der Waals surface area contributed by atoms with Crippen molar-refractivity contribution >= 4 is 34.0 Å². The average Bonchev–Trinajstić information content (AvgIpc) is 3.12. The topological polar surface area (TPSA) is 75.8 Å². The van der Waals surface area contributed by atoms with E-state index >= 15 is 0 Å². The van der Waals surface area contributed by atoms with Gasteiger partial charge in [0.05, 0.1) is 11.3 Å². The van der Waals surface area contributed by atoms with E-state index in [1.165, 1.54) is 88.0 Å². The van der Waals surface area contributed by atoms with Gasteiger partial charge in [0.15, 0.2) is 11.3 Å². The average molecular weight is 643 g/mol. The number of nitrogens with zero attached hydrogens (tertiary/aromatic N) is 3. The van der Waals surface area contributed by atoms with E-state index in [1.54, 1.807) is 30.3 Å². The van der Waals surface area contributed by atoms with Crippen molar-refractivity contribution < 1.29 is 9.59 Å². The number of ketones is 1. The van der Waals surface area contributed by atoms with E-state index in [0.717, 1.165) is 23.8 Å². The van der Waals surface area contributed by atoms with E-state index < -0.39 is 5.91 Å². The molecule has 6 nitrogen and oxygen atoms in total. The standard InChI is InChI=1S/C42H50N4O2/c1-3-4-5-6-7-8-9-10-11-12-13-14-16-23-32-30-40(46(2)39-29-22-21-26-34(32)39)45-44-38-31-37(41(47)36-28-20-19-27-35(36)38)42(48)43-33-24-17-15-18-25-33/h15,17-22,24-31H,3-14,16,23H2,1-2H3,(H,43,48)/b44-38?,45-40+. The van der Waals surface area contributed by atoms with Gasteiger partial charge in [-0.15, -0.1) is 10.2 Å². The zero-order chi connectivity index (χ0) is 33.6. The van der Waals surface area contributed by atoms with Gasteiger partial charge in [0.25, 0.3) is 5.91 Å². The molecule has 1 aliphatic carbocycles. The number of carbonyl (C=O) groups excluding carboxylic acids is 2. The van der Waals surface area contributed by atoms with Crippen LogP contribution >= 0.6 is 0 Å². The summed E-state index contributed by atoms with van der Waals surface area (Å²) in [6, 6.07) is 27.0. The summed E-state index contributed by atoms with van der Waals surface area (Å²) in [6.07, 6.45) is 19.9. The number of carbonyl (C=O) groups is 2. The van der Waals surface area contributed by atoms with Crippen LogP contribution in [0, 0.1) is 0 Å². The number of anilines is 1. The third kappa shape index (κ3) is 9.27. The van der Waals surface area contributed by atoms with Crippen molar-refractivity contribution in [3.8, 4) is 0 Å². The van der Waals surface area contributed by atoms with Gasteiger partial charge in [-0.3, -0.25) is 9.59 Å². The fraction of sp³-hybridized carbons (Fsp3) is 0.381. The Balaban J connectivity index is 1.28. The maximum atomic E-state index is 13.4. The third-order valence-corrected chi connectivity index (χ3v) is 9.32. The summed E-state index contributed by atoms with van der Waals surface area (Å²) in [5, 5.41) is 13.5. The number of para-hydroxylation sites is 2. The van der Waals surface area contributed by atoms with Crippen LogP contribution in [-0.4, -0.2) is 22.0 Å². The number of nitrogens with one attached hydrogen (secondary N) is 1. The Morgan fingerprint density at radius 1 is 0.688 bits per heavy atom. The predicted octanol–water partition coefficient (Wildman–Crippen LogP) is 9.88. The summed E-state index contributed by atoms with van der Waals surface area (Å²) in [4.78, 5) is 26.6. The van der Waals surface area contributed by atoms with Gasteiger partial charge in [-0.05, 0) is 48.7 Å². The number of unbranched alkanes of at least 4 members (excludes halogenated alkanes) is 12. The van der Waals surface area contributed by atoms with Gasteiger partial charge in [0.2, 0.25) is 0 Å². The second-order valence-corrected chi connectivity index (χ2v) is 12.9. The van der Waals surface area contributed by atoms with Crippen LogP contribution in [0.2, 0.25) is 0 Å². The lowest BCUT2D eigenvalue weighted by atomic mass is 9.88. The molecule has 0 spiro atoms. The lowest BCUT2D eigenvalue weighted by Gasteiger charge is -2.16. The van der Waals surface area contributed by atoms with Gasteiger partial charge < -0.3 is 9.88 Å². The van der Waals surface area contributed by atoms with Crippen molar-refractivity contribution in [3.63, 3.8) is 0 Å². The second kappa shape index (κ2) is 18.1. The number of hydrogen-bond donors (Lipinski definition) is 1. The second-order valence-electron chi connectivity index (χ2n) is 12.9. The Hall–Kier alpha value is -4.58. The highest BCUT2D eigenvalue weighted by molar-refractivity contribution is 6.37. The smallest absolute Gasteiger partial charge is 0.259 e. The molecule has 0 saturated heterocycles. The first-order chi connectivity index (χ1) is 23.6. The molecule has 1 N–H and O–H groups in total. The molecule has 250 valence electrons. The highest BCUT2D eigenvalue weighted by atomic mass is 16.2. The van der Waals surface area contributed by atoms with Gasteiger partial charge in [-0.1, -0.05) is 145 Å². The Kier molecular flexibility index (Phi) is 13.1. The molecule has 1 heterocycles. The molecule has 3 aromatic carbocycles. The van der Waals surface area contributed by atoms with Crippen molar-refractivity contribution in [2.75, 3.05) is 5.32 Å². The first kappa shape index (κ1) is 34.7. The van der Waals surface area contributed by atoms with Crippen LogP contribution < -0.4 is 10.8 Å². The van der Waals surface area contributed by atoms with Gasteiger partial charge in [0.1, 0.15) is 0 Å². The largest absolute Gasteiger partial charge is 0.327 e. The van der Waals surface area contributed by atoms with Gasteiger partial charge >= 0.3 is 0 Å². The SMILES string of the molecule is CCCCCCCCCCCCCCCc1c/c(=N\N=C2C=C(C(=O)Nc3ccccc3)C(=O)c3ccccc32)n(C)c2ccccc12. The maximum Gasteiger partial charge on any atom is 0.259 e. The molecule has 4 aromatic rings. The van der Waals surface area contributed by atoms with Crippen molar-refractivity contribution in [3.05, 3.63) is 119 Å². The quantitative estimate of drug-likeness (QED) is 0.0707. The number of fused-ring (bicyclic) bond motifs is 2. The highest BCUT2D eigenvalue weighted by Crippen LogP contribution is 2.24. The van der Waals surface area contributed by atoms with Gasteiger partial charge in [-0.2, -0.15) is 0 Å². The minimum atomic E-state index is -0.468. The zero-order valence-electron chi connectivity index (χ0n) is 28.7. The predicted molar refractivity (Wildman–Crippen MR) is 198 cm³/mol. The molecule has 0 saturated carbocycles. The van der Waals surface area contributed by atoms with E-state index in [0.29, 0.717) is 22.5 Å². The first-order valence-corrected chi connectivity index (χ1v) is 18.0. The number of Topliss-reactive ketones (excluding diaryl/α,β-unsaturated/α-hetero) is 1. The number of rotatable bonds is 17. The number of allylic oxidation sites excluding steroid dienone is 1. The first-order valence-electron chi connectivity index (χ1n) is 18.0. The van der Waals surface area contributed by atoms with Crippen molar-refractivity contribution in [2.45, 2.75) is 96.8 Å². The molecule has 1 amide bonds. The molecule has 5 rings (SSSR count). The number of benzene rings is 3. The molecule has 0 radical (unpaired) electrons. The third-order valence-electron chi connectivity index (χ3n) is 9.32. The molecule has 1 aliphatic rings. The van der Waals surface area contributed by atoms with Crippen LogP contribution in [0.1, 0.15) is 112 Å². The molecule has 0 unspecified atom stereocenters.